The van der Waals surface area contributed by atoms with Crippen molar-refractivity contribution in [3.8, 4) is 0 Å². The first kappa shape index (κ1) is 8.48. The molecule has 0 saturated carbocycles. The molecule has 2 rings (SSSR count). The molecular weight excluding hydrogens is 152 g/mol. The van der Waals surface area contributed by atoms with Crippen molar-refractivity contribution in [2.75, 3.05) is 26.2 Å². The van der Waals surface area contributed by atoms with E-state index in [1.165, 1.54) is 19.4 Å². The van der Waals surface area contributed by atoms with Crippen molar-refractivity contribution in [3.63, 3.8) is 0 Å². The Labute approximate surface area is 73.8 Å². The topological polar surface area (TPSA) is 35.5 Å². The average Bonchev–Trinajstić information content (AvgIpc) is 2.51. The lowest BCUT2D eigenvalue weighted by molar-refractivity contribution is 0.152. The van der Waals surface area contributed by atoms with E-state index in [-0.39, 0.29) is 0 Å². The second-order valence-corrected chi connectivity index (χ2v) is 3.91. The number of aliphatic hydroxyl groups is 1. The summed E-state index contributed by atoms with van der Waals surface area (Å²) in [6, 6.07) is 1.32. The molecule has 12 heavy (non-hydrogen) atoms. The standard InChI is InChI=1S/C9H18N2O/c12-5-3-8-7-11-4-1-2-9(11)6-10-8/h8-10,12H,1-7H2/t8-,9+/m1/s1. The minimum atomic E-state index is 0.316. The fraction of sp³-hybridized carbons (Fsp3) is 1.00. The van der Waals surface area contributed by atoms with E-state index in [9.17, 15) is 0 Å². The molecular formula is C9H18N2O. The number of hydrogen-bond acceptors (Lipinski definition) is 3. The molecule has 2 N–H and O–H groups in total. The van der Waals surface area contributed by atoms with E-state index in [0.29, 0.717) is 12.6 Å². The van der Waals surface area contributed by atoms with Gasteiger partial charge in [0.05, 0.1) is 0 Å². The van der Waals surface area contributed by atoms with Crippen LogP contribution in [-0.2, 0) is 0 Å². The van der Waals surface area contributed by atoms with Gasteiger partial charge in [-0.15, -0.1) is 0 Å². The van der Waals surface area contributed by atoms with E-state index < -0.39 is 0 Å². The van der Waals surface area contributed by atoms with Crippen LogP contribution >= 0.6 is 0 Å². The van der Waals surface area contributed by atoms with Crippen molar-refractivity contribution in [2.24, 2.45) is 0 Å². The lowest BCUT2D eigenvalue weighted by Crippen LogP contribution is -2.53. The molecule has 0 aliphatic carbocycles. The van der Waals surface area contributed by atoms with Gasteiger partial charge in [-0.25, -0.2) is 0 Å². The number of nitrogens with one attached hydrogen (secondary N) is 1. The highest BCUT2D eigenvalue weighted by Gasteiger charge is 2.30. The van der Waals surface area contributed by atoms with Crippen LogP contribution in [0.2, 0.25) is 0 Å². The smallest absolute Gasteiger partial charge is 0.0446 e. The van der Waals surface area contributed by atoms with Gasteiger partial charge < -0.3 is 10.4 Å². The second kappa shape index (κ2) is 3.73. The molecule has 2 aliphatic rings. The summed E-state index contributed by atoms with van der Waals surface area (Å²) in [6.45, 7) is 3.86. The molecule has 2 aliphatic heterocycles. The van der Waals surface area contributed by atoms with Crippen molar-refractivity contribution < 1.29 is 5.11 Å². The van der Waals surface area contributed by atoms with Crippen molar-refractivity contribution in [3.05, 3.63) is 0 Å². The summed E-state index contributed by atoms with van der Waals surface area (Å²) in [5.41, 5.74) is 0. The highest BCUT2D eigenvalue weighted by atomic mass is 16.3. The molecule has 2 fully saturated rings. The maximum absolute atomic E-state index is 8.80. The third-order valence-corrected chi connectivity index (χ3v) is 3.07. The van der Waals surface area contributed by atoms with Crippen molar-refractivity contribution in [2.45, 2.75) is 31.3 Å². The zero-order chi connectivity index (χ0) is 8.39. The van der Waals surface area contributed by atoms with Gasteiger partial charge in [0.15, 0.2) is 0 Å². The third kappa shape index (κ3) is 1.63. The molecule has 0 unspecified atom stereocenters. The van der Waals surface area contributed by atoms with Gasteiger partial charge in [-0.2, -0.15) is 0 Å². The summed E-state index contributed by atoms with van der Waals surface area (Å²) in [5.74, 6) is 0. The molecule has 0 aromatic carbocycles. The van der Waals surface area contributed by atoms with Crippen molar-refractivity contribution in [1.29, 1.82) is 0 Å². The molecule has 0 radical (unpaired) electrons. The van der Waals surface area contributed by atoms with Crippen LogP contribution in [0.25, 0.3) is 0 Å². The van der Waals surface area contributed by atoms with Crippen LogP contribution in [0, 0.1) is 0 Å². The maximum atomic E-state index is 8.80. The summed E-state index contributed by atoms with van der Waals surface area (Å²) in [7, 11) is 0. The summed E-state index contributed by atoms with van der Waals surface area (Å²) < 4.78 is 0. The molecule has 0 aromatic rings. The SMILES string of the molecule is OCC[C@@H]1CN2CCC[C@H]2CN1. The molecule has 0 bridgehead atoms. The predicted octanol–water partition coefficient (Wildman–Crippen LogP) is -0.195. The predicted molar refractivity (Wildman–Crippen MR) is 48.1 cm³/mol. The zero-order valence-corrected chi connectivity index (χ0v) is 7.50. The molecule has 3 nitrogen and oxygen atoms in total. The van der Waals surface area contributed by atoms with Gasteiger partial charge in [-0.05, 0) is 25.8 Å². The fourth-order valence-corrected chi connectivity index (χ4v) is 2.37. The van der Waals surface area contributed by atoms with E-state index in [1.54, 1.807) is 0 Å². The Kier molecular flexibility index (Phi) is 2.63. The Morgan fingerprint density at radius 1 is 1.50 bits per heavy atom. The van der Waals surface area contributed by atoms with Gasteiger partial charge >= 0.3 is 0 Å². The number of nitrogens with zero attached hydrogens (tertiary/aromatic N) is 1. The van der Waals surface area contributed by atoms with Crippen LogP contribution < -0.4 is 5.32 Å². The Morgan fingerprint density at radius 2 is 2.42 bits per heavy atom. The van der Waals surface area contributed by atoms with Gasteiger partial charge in [-0.1, -0.05) is 0 Å². The number of rotatable bonds is 2. The van der Waals surface area contributed by atoms with Gasteiger partial charge in [0.2, 0.25) is 0 Å². The molecule has 0 spiro atoms. The van der Waals surface area contributed by atoms with Gasteiger partial charge in [0.25, 0.3) is 0 Å². The van der Waals surface area contributed by atoms with E-state index >= 15 is 0 Å². The van der Waals surface area contributed by atoms with E-state index in [4.69, 9.17) is 5.11 Å². The van der Waals surface area contributed by atoms with Crippen LogP contribution in [-0.4, -0.2) is 48.3 Å². The highest BCUT2D eigenvalue weighted by molar-refractivity contribution is 4.89. The van der Waals surface area contributed by atoms with Crippen LogP contribution in [0.3, 0.4) is 0 Å². The molecule has 0 aromatic heterocycles. The molecule has 3 heteroatoms. The first-order valence-corrected chi connectivity index (χ1v) is 4.98. The Hall–Kier alpha value is -0.120. The van der Waals surface area contributed by atoms with E-state index in [2.05, 4.69) is 10.2 Å². The number of fused-ring (bicyclic) bond motifs is 1. The first-order valence-electron chi connectivity index (χ1n) is 4.98. The minimum Gasteiger partial charge on any atom is -0.396 e. The van der Waals surface area contributed by atoms with Gasteiger partial charge in [0, 0.05) is 31.8 Å². The molecule has 70 valence electrons. The average molecular weight is 170 g/mol. The van der Waals surface area contributed by atoms with Crippen molar-refractivity contribution >= 4 is 0 Å². The monoisotopic (exact) mass is 170 g/mol. The van der Waals surface area contributed by atoms with Crippen LogP contribution in [0.4, 0.5) is 0 Å². The van der Waals surface area contributed by atoms with Gasteiger partial charge in [-0.3, -0.25) is 4.90 Å². The van der Waals surface area contributed by atoms with Crippen LogP contribution in [0.5, 0.6) is 0 Å². The van der Waals surface area contributed by atoms with Crippen LogP contribution in [0.1, 0.15) is 19.3 Å². The number of aliphatic hydroxyl groups excluding tert-OH is 1. The molecule has 0 amide bonds. The third-order valence-electron chi connectivity index (χ3n) is 3.07. The zero-order valence-electron chi connectivity index (χ0n) is 7.50. The van der Waals surface area contributed by atoms with Gasteiger partial charge in [0.1, 0.15) is 0 Å². The summed E-state index contributed by atoms with van der Waals surface area (Å²) in [6.07, 6.45) is 3.63. The van der Waals surface area contributed by atoms with Crippen molar-refractivity contribution in [1.82, 2.24) is 10.2 Å². The lowest BCUT2D eigenvalue weighted by Gasteiger charge is -2.35. The second-order valence-electron chi connectivity index (χ2n) is 3.91. The first-order chi connectivity index (χ1) is 5.90. The maximum Gasteiger partial charge on any atom is 0.0446 e. The Balaban J connectivity index is 1.84. The number of piperazine rings is 1. The normalized spacial score (nSPS) is 36.8. The summed E-state index contributed by atoms with van der Waals surface area (Å²) in [5, 5.41) is 12.3. The summed E-state index contributed by atoms with van der Waals surface area (Å²) in [4.78, 5) is 2.57. The Morgan fingerprint density at radius 3 is 3.25 bits per heavy atom. The fourth-order valence-electron chi connectivity index (χ4n) is 2.37. The Bertz CT molecular complexity index is 151. The van der Waals surface area contributed by atoms with Crippen LogP contribution in [0.15, 0.2) is 0 Å². The highest BCUT2D eigenvalue weighted by Crippen LogP contribution is 2.20. The molecule has 2 heterocycles. The minimum absolute atomic E-state index is 0.316. The summed E-state index contributed by atoms with van der Waals surface area (Å²) >= 11 is 0. The quantitative estimate of drug-likeness (QED) is 0.603. The lowest BCUT2D eigenvalue weighted by atomic mass is 10.1. The number of hydrogen-bond donors (Lipinski definition) is 2. The van der Waals surface area contributed by atoms with E-state index in [0.717, 1.165) is 25.6 Å². The molecule has 2 saturated heterocycles. The molecule has 2 atom stereocenters. The largest absolute Gasteiger partial charge is 0.396 e. The van der Waals surface area contributed by atoms with E-state index in [1.807, 2.05) is 0 Å².